The van der Waals surface area contributed by atoms with Crippen molar-refractivity contribution < 1.29 is 9.84 Å². The van der Waals surface area contributed by atoms with Gasteiger partial charge in [-0.15, -0.1) is 0 Å². The Bertz CT molecular complexity index is 805. The van der Waals surface area contributed by atoms with Gasteiger partial charge in [0.1, 0.15) is 5.75 Å². The van der Waals surface area contributed by atoms with Crippen LogP contribution in [0.1, 0.15) is 31.2 Å². The summed E-state index contributed by atoms with van der Waals surface area (Å²) in [6, 6.07) is 16.1. The summed E-state index contributed by atoms with van der Waals surface area (Å²) in [7, 11) is 1.68. The first-order chi connectivity index (χ1) is 14.1. The van der Waals surface area contributed by atoms with Crippen LogP contribution in [0, 0.1) is 5.92 Å². The third kappa shape index (κ3) is 4.40. The molecule has 2 aliphatic rings. The smallest absolute Gasteiger partial charge is 0.118 e. The van der Waals surface area contributed by atoms with E-state index >= 15 is 0 Å². The zero-order valence-corrected chi connectivity index (χ0v) is 17.9. The highest BCUT2D eigenvalue weighted by molar-refractivity contribution is 6.33. The molecule has 2 unspecified atom stereocenters. The fraction of sp³-hybridized carbons (Fsp3) is 0.500. The Kier molecular flexibility index (Phi) is 6.33. The van der Waals surface area contributed by atoms with E-state index < -0.39 is 5.60 Å². The highest BCUT2D eigenvalue weighted by atomic mass is 35.5. The van der Waals surface area contributed by atoms with E-state index in [0.717, 1.165) is 74.0 Å². The number of aliphatic hydroxyl groups is 1. The van der Waals surface area contributed by atoms with Gasteiger partial charge in [-0.25, -0.2) is 0 Å². The molecule has 29 heavy (non-hydrogen) atoms. The first-order valence-corrected chi connectivity index (χ1v) is 11.1. The Morgan fingerprint density at radius 2 is 1.76 bits per heavy atom. The number of para-hydroxylation sites is 1. The van der Waals surface area contributed by atoms with E-state index in [0.29, 0.717) is 0 Å². The van der Waals surface area contributed by atoms with Crippen LogP contribution in [0.15, 0.2) is 48.5 Å². The van der Waals surface area contributed by atoms with Crippen LogP contribution in [0.4, 0.5) is 5.69 Å². The lowest BCUT2D eigenvalue weighted by molar-refractivity contribution is -0.0660. The summed E-state index contributed by atoms with van der Waals surface area (Å²) in [5.74, 6) is 1.09. The van der Waals surface area contributed by atoms with Crippen molar-refractivity contribution in [2.75, 3.05) is 44.7 Å². The predicted octanol–water partition coefficient (Wildman–Crippen LogP) is 4.55. The van der Waals surface area contributed by atoms with Crippen LogP contribution >= 0.6 is 11.6 Å². The monoisotopic (exact) mass is 414 g/mol. The number of nitrogens with zero attached hydrogens (tertiary/aromatic N) is 2. The second kappa shape index (κ2) is 8.95. The molecule has 2 aromatic rings. The molecule has 0 aromatic heterocycles. The van der Waals surface area contributed by atoms with E-state index in [1.165, 1.54) is 6.42 Å². The number of ether oxygens (including phenoxy) is 1. The molecule has 0 bridgehead atoms. The Morgan fingerprint density at radius 1 is 1.03 bits per heavy atom. The standard InChI is InChI=1S/C24H31ClN2O2/c1-29-21-11-9-19(10-12-21)24(28)13-5-4-6-20(24)18-26-14-16-27(17-15-26)23-8-3-2-7-22(23)25/h2-3,7-12,20,28H,4-6,13-18H2,1H3. The molecule has 1 saturated carbocycles. The molecule has 1 saturated heterocycles. The maximum atomic E-state index is 11.7. The Hall–Kier alpha value is -1.75. The summed E-state index contributed by atoms with van der Waals surface area (Å²) in [5.41, 5.74) is 1.41. The van der Waals surface area contributed by atoms with E-state index in [4.69, 9.17) is 16.3 Å². The summed E-state index contributed by atoms with van der Waals surface area (Å²) in [4.78, 5) is 4.88. The summed E-state index contributed by atoms with van der Waals surface area (Å²) in [6.07, 6.45) is 4.19. The number of anilines is 1. The Labute approximate surface area is 179 Å². The van der Waals surface area contributed by atoms with Gasteiger partial charge in [0.25, 0.3) is 0 Å². The Balaban J connectivity index is 1.42. The Morgan fingerprint density at radius 3 is 2.45 bits per heavy atom. The lowest BCUT2D eigenvalue weighted by Crippen LogP contribution is -2.51. The third-order valence-corrected chi connectivity index (χ3v) is 6.99. The average molecular weight is 415 g/mol. The molecule has 2 fully saturated rings. The maximum absolute atomic E-state index is 11.7. The van der Waals surface area contributed by atoms with Gasteiger partial charge in [-0.1, -0.05) is 48.7 Å². The molecule has 4 nitrogen and oxygen atoms in total. The second-order valence-corrected chi connectivity index (χ2v) is 8.74. The van der Waals surface area contributed by atoms with Crippen molar-refractivity contribution >= 4 is 17.3 Å². The molecule has 0 amide bonds. The normalized spacial score (nSPS) is 25.8. The van der Waals surface area contributed by atoms with Gasteiger partial charge in [0.05, 0.1) is 23.4 Å². The van der Waals surface area contributed by atoms with Gasteiger partial charge in [0.15, 0.2) is 0 Å². The van der Waals surface area contributed by atoms with Gasteiger partial charge in [-0.05, 0) is 42.7 Å². The first kappa shape index (κ1) is 20.5. The van der Waals surface area contributed by atoms with E-state index in [9.17, 15) is 5.11 Å². The van der Waals surface area contributed by atoms with Gasteiger partial charge >= 0.3 is 0 Å². The molecular formula is C24H31ClN2O2. The molecule has 156 valence electrons. The molecule has 1 N–H and O–H groups in total. The fourth-order valence-corrected chi connectivity index (χ4v) is 5.18. The molecule has 5 heteroatoms. The van der Waals surface area contributed by atoms with Gasteiger partial charge in [0.2, 0.25) is 0 Å². The number of benzene rings is 2. The fourth-order valence-electron chi connectivity index (χ4n) is 4.92. The molecule has 0 spiro atoms. The molecule has 2 aromatic carbocycles. The second-order valence-electron chi connectivity index (χ2n) is 8.33. The number of piperazine rings is 1. The number of hydrogen-bond acceptors (Lipinski definition) is 4. The third-order valence-electron chi connectivity index (χ3n) is 6.67. The van der Waals surface area contributed by atoms with Crippen molar-refractivity contribution in [3.8, 4) is 5.75 Å². The molecule has 1 aliphatic carbocycles. The van der Waals surface area contributed by atoms with E-state index in [2.05, 4.69) is 15.9 Å². The number of halogens is 1. The quantitative estimate of drug-likeness (QED) is 0.778. The topological polar surface area (TPSA) is 35.9 Å². The van der Waals surface area contributed by atoms with Crippen LogP contribution in [-0.4, -0.2) is 49.8 Å². The molecule has 1 aliphatic heterocycles. The zero-order chi connectivity index (χ0) is 20.3. The van der Waals surface area contributed by atoms with Crippen molar-refractivity contribution in [1.29, 1.82) is 0 Å². The van der Waals surface area contributed by atoms with Crippen molar-refractivity contribution in [2.45, 2.75) is 31.3 Å². The van der Waals surface area contributed by atoms with Crippen molar-refractivity contribution in [2.24, 2.45) is 5.92 Å². The number of hydrogen-bond donors (Lipinski definition) is 1. The van der Waals surface area contributed by atoms with Gasteiger partial charge in [-0.3, -0.25) is 4.90 Å². The van der Waals surface area contributed by atoms with Crippen molar-refractivity contribution in [3.05, 3.63) is 59.1 Å². The van der Waals surface area contributed by atoms with Crippen LogP contribution < -0.4 is 9.64 Å². The molecular weight excluding hydrogens is 384 g/mol. The van der Waals surface area contributed by atoms with Crippen LogP contribution in [-0.2, 0) is 5.60 Å². The molecule has 2 atom stereocenters. The van der Waals surface area contributed by atoms with E-state index in [1.54, 1.807) is 7.11 Å². The zero-order valence-electron chi connectivity index (χ0n) is 17.2. The highest BCUT2D eigenvalue weighted by Crippen LogP contribution is 2.42. The van der Waals surface area contributed by atoms with Crippen molar-refractivity contribution in [3.63, 3.8) is 0 Å². The number of rotatable bonds is 5. The van der Waals surface area contributed by atoms with Crippen molar-refractivity contribution in [1.82, 2.24) is 4.90 Å². The minimum atomic E-state index is -0.746. The van der Waals surface area contributed by atoms with Crippen LogP contribution in [0.25, 0.3) is 0 Å². The molecule has 4 rings (SSSR count). The maximum Gasteiger partial charge on any atom is 0.118 e. The van der Waals surface area contributed by atoms with Crippen LogP contribution in [0.3, 0.4) is 0 Å². The molecule has 1 heterocycles. The van der Waals surface area contributed by atoms with Crippen LogP contribution in [0.5, 0.6) is 5.75 Å². The van der Waals surface area contributed by atoms with Crippen LogP contribution in [0.2, 0.25) is 5.02 Å². The number of methoxy groups -OCH3 is 1. The molecule has 0 radical (unpaired) electrons. The lowest BCUT2D eigenvalue weighted by atomic mass is 9.71. The summed E-state index contributed by atoms with van der Waals surface area (Å²) < 4.78 is 5.29. The minimum Gasteiger partial charge on any atom is -0.497 e. The predicted molar refractivity (Wildman–Crippen MR) is 119 cm³/mol. The van der Waals surface area contributed by atoms with E-state index in [-0.39, 0.29) is 5.92 Å². The summed E-state index contributed by atoms with van der Waals surface area (Å²) in [6.45, 7) is 4.88. The average Bonchev–Trinajstić information content (AvgIpc) is 2.76. The minimum absolute atomic E-state index is 0.261. The SMILES string of the molecule is COc1ccc(C2(O)CCCCC2CN2CCN(c3ccccc3Cl)CC2)cc1. The van der Waals surface area contributed by atoms with Gasteiger partial charge < -0.3 is 14.7 Å². The summed E-state index contributed by atoms with van der Waals surface area (Å²) >= 11 is 6.38. The van der Waals surface area contributed by atoms with Gasteiger partial charge in [0, 0.05) is 38.6 Å². The highest BCUT2D eigenvalue weighted by Gasteiger charge is 2.41. The summed E-state index contributed by atoms with van der Waals surface area (Å²) in [5, 5.41) is 12.5. The van der Waals surface area contributed by atoms with E-state index in [1.807, 2.05) is 42.5 Å². The van der Waals surface area contributed by atoms with Gasteiger partial charge in [-0.2, -0.15) is 0 Å². The first-order valence-electron chi connectivity index (χ1n) is 10.7. The lowest BCUT2D eigenvalue weighted by Gasteiger charge is -2.44. The largest absolute Gasteiger partial charge is 0.497 e.